The van der Waals surface area contributed by atoms with Crippen molar-refractivity contribution in [3.8, 4) is 11.5 Å². The minimum Gasteiger partial charge on any atom is -0.493 e. The molecule has 2 N–H and O–H groups in total. The molecular weight excluding hydrogens is 296 g/mol. The van der Waals surface area contributed by atoms with Crippen molar-refractivity contribution in [2.45, 2.75) is 26.8 Å². The number of nitrogens with zero attached hydrogens (tertiary/aromatic N) is 1. The normalized spacial score (nSPS) is 14.2. The zero-order valence-electron chi connectivity index (χ0n) is 14.0. The van der Waals surface area contributed by atoms with Gasteiger partial charge in [-0.25, -0.2) is 0 Å². The first-order valence-corrected chi connectivity index (χ1v) is 7.47. The number of benzene rings is 1. The number of rotatable bonds is 5. The predicted octanol–water partition coefficient (Wildman–Crippen LogP) is 1.30. The van der Waals surface area contributed by atoms with E-state index in [1.165, 1.54) is 6.42 Å². The fourth-order valence-corrected chi connectivity index (χ4v) is 2.54. The highest BCUT2D eigenvalue weighted by Crippen LogP contribution is 2.33. The predicted molar refractivity (Wildman–Crippen MR) is 85.9 cm³/mol. The largest absolute Gasteiger partial charge is 0.493 e. The third kappa shape index (κ3) is 3.57. The van der Waals surface area contributed by atoms with Gasteiger partial charge in [0.2, 0.25) is 11.8 Å². The van der Waals surface area contributed by atoms with Gasteiger partial charge in [-0.15, -0.1) is 0 Å². The van der Waals surface area contributed by atoms with Crippen LogP contribution >= 0.6 is 0 Å². The van der Waals surface area contributed by atoms with Crippen LogP contribution in [0.2, 0.25) is 0 Å². The van der Waals surface area contributed by atoms with Crippen LogP contribution < -0.4 is 15.2 Å². The summed E-state index contributed by atoms with van der Waals surface area (Å²) in [6.45, 7) is 4.34. The van der Waals surface area contributed by atoms with Crippen LogP contribution in [-0.4, -0.2) is 37.5 Å². The van der Waals surface area contributed by atoms with E-state index in [2.05, 4.69) is 0 Å². The summed E-state index contributed by atoms with van der Waals surface area (Å²) in [6, 6.07) is 3.85. The molecule has 0 saturated heterocycles. The molecule has 0 bridgehead atoms. The summed E-state index contributed by atoms with van der Waals surface area (Å²) in [5, 5.41) is 0. The highest BCUT2D eigenvalue weighted by Gasteiger charge is 2.32. The SMILES string of the molecule is COc1cc2c(cc1OC)CN(C(=O)[CH]C(C)(C)C(N)=O)CC2. The van der Waals surface area contributed by atoms with Crippen molar-refractivity contribution in [1.82, 2.24) is 4.90 Å². The Labute approximate surface area is 136 Å². The first kappa shape index (κ1) is 17.1. The third-order valence-corrected chi connectivity index (χ3v) is 4.15. The topological polar surface area (TPSA) is 81.9 Å². The van der Waals surface area contributed by atoms with E-state index >= 15 is 0 Å². The molecule has 0 spiro atoms. The number of hydrogen-bond acceptors (Lipinski definition) is 4. The maximum Gasteiger partial charge on any atom is 0.227 e. The van der Waals surface area contributed by atoms with Crippen LogP contribution in [-0.2, 0) is 22.6 Å². The van der Waals surface area contributed by atoms with Gasteiger partial charge in [-0.05, 0) is 29.7 Å². The Morgan fingerprint density at radius 3 is 2.26 bits per heavy atom. The minimum absolute atomic E-state index is 0.186. The van der Waals surface area contributed by atoms with Gasteiger partial charge in [-0.2, -0.15) is 0 Å². The summed E-state index contributed by atoms with van der Waals surface area (Å²) in [6.07, 6.45) is 2.12. The van der Waals surface area contributed by atoms with Crippen molar-refractivity contribution in [3.63, 3.8) is 0 Å². The number of fused-ring (bicyclic) bond motifs is 1. The molecule has 2 amide bonds. The van der Waals surface area contributed by atoms with E-state index in [4.69, 9.17) is 15.2 Å². The Morgan fingerprint density at radius 1 is 1.17 bits per heavy atom. The van der Waals surface area contributed by atoms with E-state index in [0.29, 0.717) is 24.6 Å². The smallest absolute Gasteiger partial charge is 0.227 e. The fraction of sp³-hybridized carbons (Fsp3) is 0.471. The average molecular weight is 319 g/mol. The monoisotopic (exact) mass is 319 g/mol. The highest BCUT2D eigenvalue weighted by molar-refractivity contribution is 5.94. The van der Waals surface area contributed by atoms with Gasteiger partial charge in [0.05, 0.1) is 26.1 Å². The number of amides is 2. The lowest BCUT2D eigenvalue weighted by Gasteiger charge is -2.31. The number of hydrogen-bond donors (Lipinski definition) is 1. The molecule has 0 fully saturated rings. The van der Waals surface area contributed by atoms with E-state index in [-0.39, 0.29) is 5.91 Å². The summed E-state index contributed by atoms with van der Waals surface area (Å²) in [5.74, 6) is 0.623. The van der Waals surface area contributed by atoms with Crippen molar-refractivity contribution in [2.75, 3.05) is 20.8 Å². The molecule has 0 aromatic heterocycles. The molecule has 1 aromatic carbocycles. The zero-order valence-corrected chi connectivity index (χ0v) is 14.0. The number of carbonyl (C=O) groups is 2. The molecule has 1 aromatic rings. The molecule has 0 atom stereocenters. The van der Waals surface area contributed by atoms with Crippen molar-refractivity contribution in [3.05, 3.63) is 29.7 Å². The lowest BCUT2D eigenvalue weighted by atomic mass is 9.87. The Bertz CT molecular complexity index is 625. The lowest BCUT2D eigenvalue weighted by Crippen LogP contribution is -2.42. The molecule has 0 unspecified atom stereocenters. The second kappa shape index (κ2) is 6.48. The van der Waals surface area contributed by atoms with Gasteiger partial charge in [0.1, 0.15) is 0 Å². The van der Waals surface area contributed by atoms with E-state index in [0.717, 1.165) is 17.5 Å². The molecule has 125 valence electrons. The Balaban J connectivity index is 2.17. The van der Waals surface area contributed by atoms with E-state index < -0.39 is 11.3 Å². The molecule has 2 rings (SSSR count). The Kier molecular flexibility index (Phi) is 4.82. The molecule has 1 radical (unpaired) electrons. The molecule has 0 aliphatic carbocycles. The van der Waals surface area contributed by atoms with Gasteiger partial charge in [0.25, 0.3) is 0 Å². The summed E-state index contributed by atoms with van der Waals surface area (Å²) >= 11 is 0. The van der Waals surface area contributed by atoms with Crippen LogP contribution in [0.15, 0.2) is 12.1 Å². The highest BCUT2D eigenvalue weighted by atomic mass is 16.5. The molecule has 23 heavy (non-hydrogen) atoms. The number of ether oxygens (including phenoxy) is 2. The second-order valence-corrected chi connectivity index (χ2v) is 6.22. The number of methoxy groups -OCH3 is 2. The molecule has 1 aliphatic rings. The van der Waals surface area contributed by atoms with Crippen LogP contribution in [0.4, 0.5) is 0 Å². The summed E-state index contributed by atoms with van der Waals surface area (Å²) in [7, 11) is 3.18. The first-order valence-electron chi connectivity index (χ1n) is 7.47. The van der Waals surface area contributed by atoms with E-state index in [9.17, 15) is 9.59 Å². The number of primary amides is 1. The van der Waals surface area contributed by atoms with E-state index in [1.807, 2.05) is 12.1 Å². The van der Waals surface area contributed by atoms with Crippen LogP contribution in [0.3, 0.4) is 0 Å². The van der Waals surface area contributed by atoms with Crippen LogP contribution in [0.25, 0.3) is 0 Å². The molecule has 6 nitrogen and oxygen atoms in total. The molecule has 6 heteroatoms. The molecule has 1 aliphatic heterocycles. The standard InChI is InChI=1S/C17H23N2O4/c1-17(2,16(18)21)9-15(20)19-6-5-11-7-13(22-3)14(23-4)8-12(11)10-19/h7-9H,5-6,10H2,1-4H3,(H2,18,21). The fourth-order valence-electron chi connectivity index (χ4n) is 2.54. The number of carbonyl (C=O) groups excluding carboxylic acids is 2. The third-order valence-electron chi connectivity index (χ3n) is 4.15. The van der Waals surface area contributed by atoms with Gasteiger partial charge < -0.3 is 20.1 Å². The number of nitrogens with two attached hydrogens (primary N) is 1. The van der Waals surface area contributed by atoms with Gasteiger partial charge in [-0.3, -0.25) is 9.59 Å². The van der Waals surface area contributed by atoms with Crippen LogP contribution in [0.5, 0.6) is 11.5 Å². The molecule has 1 heterocycles. The molecular formula is C17H23N2O4. The second-order valence-electron chi connectivity index (χ2n) is 6.22. The van der Waals surface area contributed by atoms with Gasteiger partial charge in [0, 0.05) is 13.1 Å². The lowest BCUT2D eigenvalue weighted by molar-refractivity contribution is -0.133. The average Bonchev–Trinajstić information content (AvgIpc) is 2.52. The Morgan fingerprint density at radius 2 is 1.74 bits per heavy atom. The first-order chi connectivity index (χ1) is 10.8. The maximum absolute atomic E-state index is 12.4. The van der Waals surface area contributed by atoms with Gasteiger partial charge >= 0.3 is 0 Å². The van der Waals surface area contributed by atoms with Crippen LogP contribution in [0, 0.1) is 11.8 Å². The zero-order chi connectivity index (χ0) is 17.2. The van der Waals surface area contributed by atoms with Gasteiger partial charge in [-0.1, -0.05) is 13.8 Å². The van der Waals surface area contributed by atoms with Crippen molar-refractivity contribution in [2.24, 2.45) is 11.1 Å². The van der Waals surface area contributed by atoms with E-state index in [1.54, 1.807) is 33.0 Å². The Hall–Kier alpha value is -2.24. The maximum atomic E-state index is 12.4. The quantitative estimate of drug-likeness (QED) is 0.887. The summed E-state index contributed by atoms with van der Waals surface area (Å²) in [4.78, 5) is 25.5. The van der Waals surface area contributed by atoms with Crippen LogP contribution in [0.1, 0.15) is 25.0 Å². The van der Waals surface area contributed by atoms with Crippen molar-refractivity contribution in [1.29, 1.82) is 0 Å². The molecule has 0 saturated carbocycles. The van der Waals surface area contributed by atoms with Gasteiger partial charge in [0.15, 0.2) is 11.5 Å². The minimum atomic E-state index is -0.963. The summed E-state index contributed by atoms with van der Waals surface area (Å²) in [5.41, 5.74) is 6.52. The van der Waals surface area contributed by atoms with Crippen molar-refractivity contribution < 1.29 is 19.1 Å². The van der Waals surface area contributed by atoms with Crippen molar-refractivity contribution >= 4 is 11.8 Å². The summed E-state index contributed by atoms with van der Waals surface area (Å²) < 4.78 is 10.6.